The quantitative estimate of drug-likeness (QED) is 0.758. The number of hydrogen-bond acceptors (Lipinski definition) is 3. The van der Waals surface area contributed by atoms with E-state index in [1.165, 1.54) is 12.1 Å². The van der Waals surface area contributed by atoms with Crippen LogP contribution in [0.25, 0.3) is 0 Å². The Morgan fingerprint density at radius 1 is 1.27 bits per heavy atom. The molecule has 6 heteroatoms. The topological polar surface area (TPSA) is 49.4 Å². The first-order valence-electron chi connectivity index (χ1n) is 3.91. The molecule has 3 nitrogen and oxygen atoms in total. The number of carboxylic acid groups (broad SMARTS) is 1. The average Bonchev–Trinajstić information content (AvgIpc) is 2.05. The van der Waals surface area contributed by atoms with Crippen LogP contribution in [0.3, 0.4) is 0 Å². The first-order chi connectivity index (χ1) is 6.87. The molecule has 0 aliphatic rings. The third-order valence-corrected chi connectivity index (χ3v) is 1.51. The molecule has 1 rings (SSSR count). The van der Waals surface area contributed by atoms with Gasteiger partial charge in [0.25, 0.3) is 0 Å². The first-order valence-corrected chi connectivity index (χ1v) is 3.91. The fraction of sp³-hybridized carbons (Fsp3) is 0.222. The Kier molecular flexibility index (Phi) is 3.18. The molecule has 0 unspecified atom stereocenters. The van der Waals surface area contributed by atoms with Gasteiger partial charge in [0, 0.05) is 12.4 Å². The van der Waals surface area contributed by atoms with E-state index in [1.54, 1.807) is 0 Å². The van der Waals surface area contributed by atoms with Gasteiger partial charge in [0.1, 0.15) is 5.75 Å². The lowest BCUT2D eigenvalue weighted by molar-refractivity contribution is -0.304. The van der Waals surface area contributed by atoms with Gasteiger partial charge in [0.15, 0.2) is 0 Å². The van der Waals surface area contributed by atoms with Gasteiger partial charge in [-0.05, 0) is 17.7 Å². The maximum Gasteiger partial charge on any atom is 0.573 e. The molecule has 1 aromatic carbocycles. The molecular formula is C9H6F3O3-. The molecule has 0 aliphatic carbocycles. The highest BCUT2D eigenvalue weighted by molar-refractivity contribution is 5.67. The van der Waals surface area contributed by atoms with Crippen LogP contribution in [-0.4, -0.2) is 12.3 Å². The van der Waals surface area contributed by atoms with Crippen LogP contribution in [0.2, 0.25) is 0 Å². The monoisotopic (exact) mass is 219 g/mol. The van der Waals surface area contributed by atoms with Crippen LogP contribution in [-0.2, 0) is 11.2 Å². The van der Waals surface area contributed by atoms with Crippen molar-refractivity contribution in [3.63, 3.8) is 0 Å². The van der Waals surface area contributed by atoms with E-state index in [2.05, 4.69) is 4.74 Å². The lowest BCUT2D eigenvalue weighted by Gasteiger charge is -2.09. The molecule has 0 amide bonds. The fourth-order valence-electron chi connectivity index (χ4n) is 0.976. The first kappa shape index (κ1) is 11.4. The molecule has 0 radical (unpaired) electrons. The van der Waals surface area contributed by atoms with E-state index in [-0.39, 0.29) is 12.2 Å². The molecule has 0 atom stereocenters. The number of carbonyl (C=O) groups is 1. The van der Waals surface area contributed by atoms with Gasteiger partial charge in [-0.1, -0.05) is 12.1 Å². The lowest BCUT2D eigenvalue weighted by atomic mass is 10.1. The fourth-order valence-corrected chi connectivity index (χ4v) is 0.976. The van der Waals surface area contributed by atoms with E-state index in [0.717, 1.165) is 12.1 Å². The maximum absolute atomic E-state index is 11.7. The van der Waals surface area contributed by atoms with Gasteiger partial charge >= 0.3 is 6.36 Å². The summed E-state index contributed by atoms with van der Waals surface area (Å²) in [7, 11) is 0. The highest BCUT2D eigenvalue weighted by Gasteiger charge is 2.30. The second-order valence-corrected chi connectivity index (χ2v) is 2.74. The molecular weight excluding hydrogens is 213 g/mol. The standard InChI is InChI=1S/C9H7F3O3/c10-9(11,12)15-7-3-1-6(2-4-7)5-8(13)14/h1-4H,5H2,(H,13,14)/p-1. The van der Waals surface area contributed by atoms with Crippen LogP contribution in [0.15, 0.2) is 24.3 Å². The molecule has 0 saturated carbocycles. The SMILES string of the molecule is O=C([O-])Cc1ccc(OC(F)(F)F)cc1. The van der Waals surface area contributed by atoms with Gasteiger partial charge < -0.3 is 14.6 Å². The number of benzene rings is 1. The van der Waals surface area contributed by atoms with Crippen molar-refractivity contribution < 1.29 is 27.8 Å². The van der Waals surface area contributed by atoms with Crippen LogP contribution in [0.5, 0.6) is 5.75 Å². The number of alkyl halides is 3. The summed E-state index contributed by atoms with van der Waals surface area (Å²) in [5, 5.41) is 10.2. The molecule has 15 heavy (non-hydrogen) atoms. The van der Waals surface area contributed by atoms with Crippen molar-refractivity contribution in [2.24, 2.45) is 0 Å². The minimum atomic E-state index is -4.74. The van der Waals surface area contributed by atoms with Gasteiger partial charge in [-0.25, -0.2) is 0 Å². The van der Waals surface area contributed by atoms with E-state index in [9.17, 15) is 23.1 Å². The normalized spacial score (nSPS) is 11.1. The van der Waals surface area contributed by atoms with Crippen molar-refractivity contribution in [3.05, 3.63) is 29.8 Å². The van der Waals surface area contributed by atoms with E-state index in [4.69, 9.17) is 0 Å². The maximum atomic E-state index is 11.7. The Labute approximate surface area is 83.1 Å². The summed E-state index contributed by atoms with van der Waals surface area (Å²) < 4.78 is 38.8. The summed E-state index contributed by atoms with van der Waals surface area (Å²) in [6.07, 6.45) is -5.08. The number of ether oxygens (including phenoxy) is 1. The molecule has 0 spiro atoms. The Bertz CT molecular complexity index is 343. The number of rotatable bonds is 3. The van der Waals surface area contributed by atoms with Crippen LogP contribution in [0.4, 0.5) is 13.2 Å². The van der Waals surface area contributed by atoms with Crippen molar-refractivity contribution in [2.45, 2.75) is 12.8 Å². The summed E-state index contributed by atoms with van der Waals surface area (Å²) in [6.45, 7) is 0. The third-order valence-electron chi connectivity index (χ3n) is 1.51. The van der Waals surface area contributed by atoms with Gasteiger partial charge in [-0.2, -0.15) is 0 Å². The van der Waals surface area contributed by atoms with Crippen LogP contribution >= 0.6 is 0 Å². The number of carboxylic acids is 1. The number of hydrogen-bond donors (Lipinski definition) is 0. The van der Waals surface area contributed by atoms with Crippen molar-refractivity contribution in [3.8, 4) is 5.75 Å². The Morgan fingerprint density at radius 2 is 1.80 bits per heavy atom. The zero-order valence-corrected chi connectivity index (χ0v) is 7.38. The van der Waals surface area contributed by atoms with Crippen LogP contribution in [0, 0.1) is 0 Å². The summed E-state index contributed by atoms with van der Waals surface area (Å²) in [6, 6.07) is 4.56. The molecule has 0 bridgehead atoms. The summed E-state index contributed by atoms with van der Waals surface area (Å²) in [4.78, 5) is 10.2. The predicted octanol–water partition coefficient (Wildman–Crippen LogP) is 0.878. The smallest absolute Gasteiger partial charge is 0.550 e. The Balaban J connectivity index is 2.68. The van der Waals surface area contributed by atoms with E-state index in [0.29, 0.717) is 5.56 Å². The molecule has 0 aliphatic heterocycles. The summed E-state index contributed by atoms with van der Waals surface area (Å²) in [5.41, 5.74) is 0.351. The van der Waals surface area contributed by atoms with Gasteiger partial charge in [0.05, 0.1) is 0 Å². The van der Waals surface area contributed by atoms with Crippen molar-refractivity contribution in [1.29, 1.82) is 0 Å². The zero-order valence-electron chi connectivity index (χ0n) is 7.38. The summed E-state index contributed by atoms with van der Waals surface area (Å²) in [5.74, 6) is -1.68. The largest absolute Gasteiger partial charge is 0.573 e. The number of carbonyl (C=O) groups excluding carboxylic acids is 1. The lowest BCUT2D eigenvalue weighted by Crippen LogP contribution is -2.24. The molecule has 0 fully saturated rings. The second-order valence-electron chi connectivity index (χ2n) is 2.74. The molecule has 0 N–H and O–H groups in total. The van der Waals surface area contributed by atoms with Crippen molar-refractivity contribution >= 4 is 5.97 Å². The molecule has 0 aromatic heterocycles. The van der Waals surface area contributed by atoms with Crippen molar-refractivity contribution in [2.75, 3.05) is 0 Å². The van der Waals surface area contributed by atoms with Gasteiger partial charge in [-0.15, -0.1) is 13.2 Å². The summed E-state index contributed by atoms with van der Waals surface area (Å²) >= 11 is 0. The highest BCUT2D eigenvalue weighted by Crippen LogP contribution is 2.22. The van der Waals surface area contributed by atoms with Crippen molar-refractivity contribution in [1.82, 2.24) is 0 Å². The highest BCUT2D eigenvalue weighted by atomic mass is 19.4. The van der Waals surface area contributed by atoms with E-state index < -0.39 is 12.3 Å². The second kappa shape index (κ2) is 4.20. The Hall–Kier alpha value is -1.72. The Morgan fingerprint density at radius 3 is 2.20 bits per heavy atom. The zero-order chi connectivity index (χ0) is 11.5. The van der Waals surface area contributed by atoms with E-state index >= 15 is 0 Å². The minimum Gasteiger partial charge on any atom is -0.550 e. The molecule has 1 aromatic rings. The minimum absolute atomic E-state index is 0.341. The van der Waals surface area contributed by atoms with Gasteiger partial charge in [0.2, 0.25) is 0 Å². The third kappa shape index (κ3) is 4.35. The van der Waals surface area contributed by atoms with E-state index in [1.807, 2.05) is 0 Å². The van der Waals surface area contributed by atoms with Crippen LogP contribution < -0.4 is 9.84 Å². The average molecular weight is 219 g/mol. The van der Waals surface area contributed by atoms with Crippen LogP contribution in [0.1, 0.15) is 5.56 Å². The number of aliphatic carboxylic acids is 1. The molecule has 0 heterocycles. The molecule has 82 valence electrons. The predicted molar refractivity (Wildman–Crippen MR) is 41.8 cm³/mol. The molecule has 0 saturated heterocycles. The number of halogens is 3. The van der Waals surface area contributed by atoms with Gasteiger partial charge in [-0.3, -0.25) is 0 Å².